The topological polar surface area (TPSA) is 116 Å². The largest absolute Gasteiger partial charge is 0.469 e. The molecule has 0 aliphatic rings. The third-order valence-electron chi connectivity index (χ3n) is 1.35. The molecule has 0 saturated heterocycles. The van der Waals surface area contributed by atoms with Crippen LogP contribution in [0.15, 0.2) is 0 Å². The molecule has 0 amide bonds. The number of rotatable bonds is 7. The predicted octanol–water partition coefficient (Wildman–Crippen LogP) is -1.15. The Bertz CT molecular complexity index is 191. The molecule has 0 heterocycles. The second kappa shape index (κ2) is 6.47. The van der Waals surface area contributed by atoms with Crippen LogP contribution in [0.4, 0.5) is 0 Å². The van der Waals surface area contributed by atoms with Crippen molar-refractivity contribution in [1.29, 1.82) is 0 Å². The molecule has 0 aliphatic carbocycles. The summed E-state index contributed by atoms with van der Waals surface area (Å²) in [4.78, 5) is 16.6. The lowest BCUT2D eigenvalue weighted by atomic mass is 10.2. The summed E-state index contributed by atoms with van der Waals surface area (Å²) in [6.45, 7) is 1.34. The summed E-state index contributed by atoms with van der Waals surface area (Å²) in [6.07, 6.45) is -2.60. The molecule has 0 aromatic rings. The maximum absolute atomic E-state index is 10.2. The van der Waals surface area contributed by atoms with Crippen molar-refractivity contribution in [3.63, 3.8) is 0 Å². The van der Waals surface area contributed by atoms with Gasteiger partial charge in [0.2, 0.25) is 0 Å². The minimum Gasteiger partial charge on any atom is -0.388 e. The highest BCUT2D eigenvalue weighted by molar-refractivity contribution is 7.46. The number of aliphatic hydroxyl groups is 2. The van der Waals surface area contributed by atoms with E-state index in [0.29, 0.717) is 6.61 Å². The molecule has 2 atom stereocenters. The van der Waals surface area contributed by atoms with Crippen LogP contribution in [0.5, 0.6) is 0 Å². The molecule has 14 heavy (non-hydrogen) atoms. The monoisotopic (exact) mass is 230 g/mol. The number of hydrogen-bond donors (Lipinski definition) is 4. The van der Waals surface area contributed by atoms with E-state index in [-0.39, 0.29) is 6.61 Å². The van der Waals surface area contributed by atoms with E-state index in [9.17, 15) is 4.57 Å². The third kappa shape index (κ3) is 7.40. The SMILES string of the molecule is CCOC[C@H](O)[C@H](O)COP(=O)(O)O. The molecular weight excluding hydrogens is 215 g/mol. The number of phosphoric ester groups is 1. The van der Waals surface area contributed by atoms with Crippen molar-refractivity contribution in [2.24, 2.45) is 0 Å². The second-order valence-corrected chi connectivity index (χ2v) is 3.82. The summed E-state index contributed by atoms with van der Waals surface area (Å²) < 4.78 is 19.0. The molecule has 0 fully saturated rings. The maximum atomic E-state index is 10.2. The van der Waals surface area contributed by atoms with Gasteiger partial charge < -0.3 is 24.7 Å². The molecule has 7 nitrogen and oxygen atoms in total. The van der Waals surface area contributed by atoms with Gasteiger partial charge in [-0.2, -0.15) is 0 Å². The lowest BCUT2D eigenvalue weighted by Gasteiger charge is -2.17. The van der Waals surface area contributed by atoms with Crippen LogP contribution >= 0.6 is 7.82 Å². The number of aliphatic hydroxyl groups excluding tert-OH is 2. The second-order valence-electron chi connectivity index (χ2n) is 2.58. The Morgan fingerprint density at radius 1 is 1.21 bits per heavy atom. The first-order valence-electron chi connectivity index (χ1n) is 4.00. The van der Waals surface area contributed by atoms with E-state index >= 15 is 0 Å². The lowest BCUT2D eigenvalue weighted by Crippen LogP contribution is -2.34. The zero-order valence-electron chi connectivity index (χ0n) is 7.74. The Morgan fingerprint density at radius 3 is 2.14 bits per heavy atom. The van der Waals surface area contributed by atoms with Crippen molar-refractivity contribution in [3.8, 4) is 0 Å². The van der Waals surface area contributed by atoms with Gasteiger partial charge in [-0.3, -0.25) is 4.52 Å². The average Bonchev–Trinajstić information content (AvgIpc) is 2.09. The molecule has 0 aliphatic heterocycles. The molecule has 0 bridgehead atoms. The Balaban J connectivity index is 3.72. The van der Waals surface area contributed by atoms with E-state index in [1.807, 2.05) is 0 Å². The smallest absolute Gasteiger partial charge is 0.388 e. The Kier molecular flexibility index (Phi) is 6.46. The van der Waals surface area contributed by atoms with Crippen molar-refractivity contribution >= 4 is 7.82 Å². The van der Waals surface area contributed by atoms with Crippen LogP contribution in [0.1, 0.15) is 6.92 Å². The first kappa shape index (κ1) is 14.0. The van der Waals surface area contributed by atoms with Gasteiger partial charge in [0.15, 0.2) is 0 Å². The van der Waals surface area contributed by atoms with Crippen LogP contribution in [-0.2, 0) is 13.8 Å². The molecular formula is C6H15O7P. The van der Waals surface area contributed by atoms with E-state index in [0.717, 1.165) is 0 Å². The predicted molar refractivity (Wildman–Crippen MR) is 46.5 cm³/mol. The van der Waals surface area contributed by atoms with E-state index in [4.69, 9.17) is 24.7 Å². The highest BCUT2D eigenvalue weighted by atomic mass is 31.2. The summed E-state index contributed by atoms with van der Waals surface area (Å²) in [6, 6.07) is 0. The van der Waals surface area contributed by atoms with Crippen molar-refractivity contribution < 1.29 is 33.8 Å². The first-order valence-corrected chi connectivity index (χ1v) is 5.53. The zero-order chi connectivity index (χ0) is 11.2. The minimum absolute atomic E-state index is 0.109. The summed E-state index contributed by atoms with van der Waals surface area (Å²) in [5.74, 6) is 0. The van der Waals surface area contributed by atoms with Gasteiger partial charge in [-0.15, -0.1) is 0 Å². The van der Waals surface area contributed by atoms with Gasteiger partial charge in [0.1, 0.15) is 12.2 Å². The summed E-state index contributed by atoms with van der Waals surface area (Å²) in [7, 11) is -4.60. The van der Waals surface area contributed by atoms with E-state index in [2.05, 4.69) is 4.52 Å². The van der Waals surface area contributed by atoms with Crippen LogP contribution in [0, 0.1) is 0 Å². The van der Waals surface area contributed by atoms with Gasteiger partial charge in [0, 0.05) is 6.61 Å². The fourth-order valence-corrected chi connectivity index (χ4v) is 0.981. The fourth-order valence-electron chi connectivity index (χ4n) is 0.634. The van der Waals surface area contributed by atoms with Crippen LogP contribution in [-0.4, -0.2) is 52.0 Å². The average molecular weight is 230 g/mol. The third-order valence-corrected chi connectivity index (χ3v) is 1.84. The van der Waals surface area contributed by atoms with Crippen LogP contribution in [0.2, 0.25) is 0 Å². The first-order chi connectivity index (χ1) is 6.37. The molecule has 8 heteroatoms. The highest BCUT2D eigenvalue weighted by Crippen LogP contribution is 2.35. The van der Waals surface area contributed by atoms with Crippen molar-refractivity contribution in [3.05, 3.63) is 0 Å². The van der Waals surface area contributed by atoms with E-state index in [1.165, 1.54) is 0 Å². The summed E-state index contributed by atoms with van der Waals surface area (Å²) >= 11 is 0. The summed E-state index contributed by atoms with van der Waals surface area (Å²) in [5, 5.41) is 18.2. The number of phosphoric acid groups is 1. The Morgan fingerprint density at radius 2 is 1.71 bits per heavy atom. The van der Waals surface area contributed by atoms with Gasteiger partial charge in [-0.25, -0.2) is 4.57 Å². The van der Waals surface area contributed by atoms with E-state index < -0.39 is 26.6 Å². The zero-order valence-corrected chi connectivity index (χ0v) is 8.63. The molecule has 0 unspecified atom stereocenters. The van der Waals surface area contributed by atoms with Gasteiger partial charge in [0.25, 0.3) is 0 Å². The molecule has 0 rings (SSSR count). The highest BCUT2D eigenvalue weighted by Gasteiger charge is 2.21. The minimum atomic E-state index is -4.60. The number of hydrogen-bond acceptors (Lipinski definition) is 5. The molecule has 0 aromatic heterocycles. The Labute approximate surface area is 81.5 Å². The van der Waals surface area contributed by atoms with Crippen molar-refractivity contribution in [2.45, 2.75) is 19.1 Å². The molecule has 0 aromatic carbocycles. The standard InChI is InChI=1S/C6H15O7P/c1-2-12-3-5(7)6(8)4-13-14(9,10)11/h5-8H,2-4H2,1H3,(H2,9,10,11)/t5-,6+/m0/s1. The van der Waals surface area contributed by atoms with Crippen LogP contribution < -0.4 is 0 Å². The normalized spacial score (nSPS) is 16.6. The fraction of sp³-hybridized carbons (Fsp3) is 1.00. The molecule has 4 N–H and O–H groups in total. The van der Waals surface area contributed by atoms with E-state index in [1.54, 1.807) is 6.92 Å². The molecule has 0 radical (unpaired) electrons. The number of ether oxygens (including phenoxy) is 1. The quantitative estimate of drug-likeness (QED) is 0.408. The van der Waals surface area contributed by atoms with Gasteiger partial charge in [0.05, 0.1) is 13.2 Å². The molecule has 0 saturated carbocycles. The lowest BCUT2D eigenvalue weighted by molar-refractivity contribution is -0.0540. The van der Waals surface area contributed by atoms with Crippen molar-refractivity contribution in [1.82, 2.24) is 0 Å². The van der Waals surface area contributed by atoms with Crippen LogP contribution in [0.3, 0.4) is 0 Å². The maximum Gasteiger partial charge on any atom is 0.469 e. The van der Waals surface area contributed by atoms with Gasteiger partial charge in [-0.05, 0) is 6.92 Å². The summed E-state index contributed by atoms with van der Waals surface area (Å²) in [5.41, 5.74) is 0. The van der Waals surface area contributed by atoms with Gasteiger partial charge >= 0.3 is 7.82 Å². The molecule has 0 spiro atoms. The van der Waals surface area contributed by atoms with Crippen LogP contribution in [0.25, 0.3) is 0 Å². The van der Waals surface area contributed by atoms with Crippen molar-refractivity contribution in [2.75, 3.05) is 19.8 Å². The molecule has 86 valence electrons. The van der Waals surface area contributed by atoms with Gasteiger partial charge in [-0.1, -0.05) is 0 Å². The Hall–Kier alpha value is -0.0100.